The number of carbonyl (C=O) groups excluding carboxylic acids is 2. The highest BCUT2D eigenvalue weighted by Gasteiger charge is 2.45. The number of carbonyl (C=O) groups is 2. The topological polar surface area (TPSA) is 43.4 Å². The number of benzene rings is 1. The minimum Gasteiger partial charge on any atom is -0.462 e. The van der Waals surface area contributed by atoms with E-state index < -0.39 is 0 Å². The summed E-state index contributed by atoms with van der Waals surface area (Å²) in [7, 11) is 0. The molecule has 2 bridgehead atoms. The van der Waals surface area contributed by atoms with Gasteiger partial charge in [-0.15, -0.1) is 6.58 Å². The Kier molecular flexibility index (Phi) is 5.75. The standard InChI is InChI=1S/C12H18O2.C8H8O/c1-7(2)4-9-5-10-6-11(8(9)3)14-12(10)13;1-7(9)8-5-3-2-4-6-8/h8-11H,1,4-6H2,2-3H3;2-6H,1H3/t8-,9?,10?,11?;/m1./s1. The van der Waals surface area contributed by atoms with E-state index >= 15 is 0 Å². The molecule has 0 radical (unpaired) electrons. The van der Waals surface area contributed by atoms with Crippen molar-refractivity contribution in [2.45, 2.75) is 46.1 Å². The number of ketones is 1. The molecule has 2 fully saturated rings. The lowest BCUT2D eigenvalue weighted by atomic mass is 9.73. The Bertz CT molecular complexity index is 576. The van der Waals surface area contributed by atoms with Crippen LogP contribution in [0.5, 0.6) is 0 Å². The van der Waals surface area contributed by atoms with E-state index in [4.69, 9.17) is 4.74 Å². The molecule has 1 saturated heterocycles. The van der Waals surface area contributed by atoms with Crippen molar-refractivity contribution in [2.75, 3.05) is 0 Å². The van der Waals surface area contributed by atoms with Crippen molar-refractivity contribution in [1.29, 1.82) is 0 Å². The molecule has 23 heavy (non-hydrogen) atoms. The number of allylic oxidation sites excluding steroid dienone is 1. The molecule has 1 heterocycles. The Labute approximate surface area is 138 Å². The molecule has 1 aliphatic carbocycles. The van der Waals surface area contributed by atoms with Gasteiger partial charge in [0.2, 0.25) is 0 Å². The SMILES string of the molecule is C=C(C)CC1CC2CC(OC2=O)[C@@H]1C.CC(=O)c1ccccc1. The van der Waals surface area contributed by atoms with Crippen LogP contribution in [0.4, 0.5) is 0 Å². The summed E-state index contributed by atoms with van der Waals surface area (Å²) in [5.74, 6) is 1.44. The molecule has 3 heteroatoms. The number of fused-ring (bicyclic) bond motifs is 2. The van der Waals surface area contributed by atoms with Gasteiger partial charge in [-0.1, -0.05) is 42.8 Å². The number of rotatable bonds is 3. The van der Waals surface area contributed by atoms with Crippen molar-refractivity contribution in [3.05, 3.63) is 48.0 Å². The summed E-state index contributed by atoms with van der Waals surface area (Å²) in [6.45, 7) is 9.78. The van der Waals surface area contributed by atoms with Crippen LogP contribution in [-0.4, -0.2) is 17.9 Å². The fourth-order valence-electron chi connectivity index (χ4n) is 3.46. The molecule has 0 spiro atoms. The van der Waals surface area contributed by atoms with Crippen molar-refractivity contribution in [1.82, 2.24) is 0 Å². The number of esters is 1. The quantitative estimate of drug-likeness (QED) is 0.471. The van der Waals surface area contributed by atoms with E-state index in [1.54, 1.807) is 6.92 Å². The van der Waals surface area contributed by atoms with E-state index in [1.165, 1.54) is 5.57 Å². The fraction of sp³-hybridized carbons (Fsp3) is 0.500. The molecule has 3 nitrogen and oxygen atoms in total. The van der Waals surface area contributed by atoms with Crippen molar-refractivity contribution >= 4 is 11.8 Å². The van der Waals surface area contributed by atoms with Crippen LogP contribution in [0.15, 0.2) is 42.5 Å². The summed E-state index contributed by atoms with van der Waals surface area (Å²) in [5, 5.41) is 0. The van der Waals surface area contributed by atoms with Gasteiger partial charge >= 0.3 is 5.97 Å². The van der Waals surface area contributed by atoms with Crippen LogP contribution in [-0.2, 0) is 9.53 Å². The van der Waals surface area contributed by atoms with Crippen molar-refractivity contribution in [3.63, 3.8) is 0 Å². The molecule has 0 amide bonds. The van der Waals surface area contributed by atoms with Crippen LogP contribution in [0.25, 0.3) is 0 Å². The average molecular weight is 314 g/mol. The predicted molar refractivity (Wildman–Crippen MR) is 91.1 cm³/mol. The van der Waals surface area contributed by atoms with Crippen LogP contribution in [0, 0.1) is 17.8 Å². The second-order valence-corrected chi connectivity index (χ2v) is 6.85. The predicted octanol–water partition coefficient (Wildman–Crippen LogP) is 4.43. The highest BCUT2D eigenvalue weighted by Crippen LogP contribution is 2.43. The number of hydrogen-bond donors (Lipinski definition) is 0. The van der Waals surface area contributed by atoms with Gasteiger partial charge in [-0.3, -0.25) is 9.59 Å². The van der Waals surface area contributed by atoms with Gasteiger partial charge in [-0.25, -0.2) is 0 Å². The lowest BCUT2D eigenvalue weighted by molar-refractivity contribution is -0.144. The van der Waals surface area contributed by atoms with Crippen molar-refractivity contribution < 1.29 is 14.3 Å². The Morgan fingerprint density at radius 3 is 2.39 bits per heavy atom. The van der Waals surface area contributed by atoms with Gasteiger partial charge in [0.25, 0.3) is 0 Å². The van der Waals surface area contributed by atoms with Crippen LogP contribution in [0.2, 0.25) is 0 Å². The van der Waals surface area contributed by atoms with Gasteiger partial charge in [-0.05, 0) is 44.9 Å². The molecule has 3 unspecified atom stereocenters. The third kappa shape index (κ3) is 4.54. The first kappa shape index (κ1) is 17.5. The zero-order chi connectivity index (χ0) is 17.0. The monoisotopic (exact) mass is 314 g/mol. The minimum atomic E-state index is 0.0334. The third-order valence-corrected chi connectivity index (χ3v) is 4.83. The highest BCUT2D eigenvalue weighted by molar-refractivity contribution is 5.93. The van der Waals surface area contributed by atoms with E-state index in [0.717, 1.165) is 24.8 Å². The molecule has 1 aromatic carbocycles. The van der Waals surface area contributed by atoms with Crippen molar-refractivity contribution in [2.24, 2.45) is 17.8 Å². The van der Waals surface area contributed by atoms with Gasteiger partial charge in [0.15, 0.2) is 5.78 Å². The maximum absolute atomic E-state index is 11.4. The second kappa shape index (κ2) is 7.58. The van der Waals surface area contributed by atoms with Gasteiger partial charge in [-0.2, -0.15) is 0 Å². The third-order valence-electron chi connectivity index (χ3n) is 4.83. The zero-order valence-corrected chi connectivity index (χ0v) is 14.2. The minimum absolute atomic E-state index is 0.0334. The van der Waals surface area contributed by atoms with E-state index in [9.17, 15) is 9.59 Å². The Morgan fingerprint density at radius 1 is 1.22 bits per heavy atom. The summed E-state index contributed by atoms with van der Waals surface area (Å²) < 4.78 is 5.34. The number of hydrogen-bond acceptors (Lipinski definition) is 3. The number of Topliss-reactive ketones (excluding diaryl/α,β-unsaturated/α-hetero) is 1. The molecular weight excluding hydrogens is 288 g/mol. The molecule has 1 aliphatic heterocycles. The van der Waals surface area contributed by atoms with Crippen LogP contribution < -0.4 is 0 Å². The maximum atomic E-state index is 11.4. The van der Waals surface area contributed by atoms with Gasteiger partial charge in [0.1, 0.15) is 6.10 Å². The smallest absolute Gasteiger partial charge is 0.309 e. The largest absolute Gasteiger partial charge is 0.462 e. The molecule has 3 rings (SSSR count). The van der Waals surface area contributed by atoms with E-state index in [0.29, 0.717) is 11.8 Å². The lowest BCUT2D eigenvalue weighted by Gasteiger charge is -2.31. The summed E-state index contributed by atoms with van der Waals surface area (Å²) in [6, 6.07) is 9.23. The Balaban J connectivity index is 0.000000185. The van der Waals surface area contributed by atoms with Crippen LogP contribution in [0.1, 0.15) is 50.4 Å². The lowest BCUT2D eigenvalue weighted by Crippen LogP contribution is -2.30. The van der Waals surface area contributed by atoms with Crippen molar-refractivity contribution in [3.8, 4) is 0 Å². The molecule has 0 aromatic heterocycles. The summed E-state index contributed by atoms with van der Waals surface area (Å²) >= 11 is 0. The first-order valence-electron chi connectivity index (χ1n) is 8.29. The summed E-state index contributed by atoms with van der Waals surface area (Å²) in [5.41, 5.74) is 1.99. The van der Waals surface area contributed by atoms with E-state index in [1.807, 2.05) is 30.3 Å². The first-order chi connectivity index (χ1) is 10.9. The van der Waals surface area contributed by atoms with Gasteiger partial charge in [0, 0.05) is 5.56 Å². The summed E-state index contributed by atoms with van der Waals surface area (Å²) in [4.78, 5) is 22.0. The molecule has 2 aliphatic rings. The Hall–Kier alpha value is -1.90. The zero-order valence-electron chi connectivity index (χ0n) is 14.2. The van der Waals surface area contributed by atoms with Crippen LogP contribution >= 0.6 is 0 Å². The summed E-state index contributed by atoms with van der Waals surface area (Å²) in [6.07, 6.45) is 3.19. The number of ether oxygens (including phenoxy) is 1. The molecule has 1 saturated carbocycles. The van der Waals surface area contributed by atoms with E-state index in [-0.39, 0.29) is 23.8 Å². The molecule has 124 valence electrons. The Morgan fingerprint density at radius 2 is 1.87 bits per heavy atom. The molecule has 4 atom stereocenters. The maximum Gasteiger partial charge on any atom is 0.309 e. The normalized spacial score (nSPS) is 28.4. The van der Waals surface area contributed by atoms with Gasteiger partial charge in [0.05, 0.1) is 5.92 Å². The molecule has 0 N–H and O–H groups in total. The van der Waals surface area contributed by atoms with E-state index in [2.05, 4.69) is 20.4 Å². The molecule has 1 aromatic rings. The average Bonchev–Trinajstić information content (AvgIpc) is 2.83. The molecular formula is C20H26O3. The fourth-order valence-corrected chi connectivity index (χ4v) is 3.46. The highest BCUT2D eigenvalue weighted by atomic mass is 16.6. The van der Waals surface area contributed by atoms with Crippen LogP contribution in [0.3, 0.4) is 0 Å². The van der Waals surface area contributed by atoms with Gasteiger partial charge < -0.3 is 4.74 Å². The second-order valence-electron chi connectivity index (χ2n) is 6.85. The first-order valence-corrected chi connectivity index (χ1v) is 8.29.